The van der Waals surface area contributed by atoms with Gasteiger partial charge >= 0.3 is 0 Å². The Balaban J connectivity index is 2.09. The summed E-state index contributed by atoms with van der Waals surface area (Å²) in [4.78, 5) is 11.3. The molecule has 0 aliphatic carbocycles. The molecule has 2 unspecified atom stereocenters. The Hall–Kier alpha value is -2.50. The van der Waals surface area contributed by atoms with Gasteiger partial charge in [0, 0.05) is 5.56 Å². The fourth-order valence-electron chi connectivity index (χ4n) is 3.42. The summed E-state index contributed by atoms with van der Waals surface area (Å²) in [5, 5.41) is 11.4. The number of aromatic nitrogens is 2. The lowest BCUT2D eigenvalue weighted by atomic mass is 9.84. The van der Waals surface area contributed by atoms with Crippen molar-refractivity contribution >= 4 is 11.0 Å². The number of hydrogen-bond acceptors (Lipinski definition) is 5. The first kappa shape index (κ1) is 20.2. The fourth-order valence-corrected chi connectivity index (χ4v) is 3.42. The maximum atomic E-state index is 11.4. The van der Waals surface area contributed by atoms with E-state index >= 15 is 0 Å². The highest BCUT2D eigenvalue weighted by atomic mass is 16.5. The minimum absolute atomic E-state index is 0.0306. The van der Waals surface area contributed by atoms with E-state index in [9.17, 15) is 5.11 Å². The SMILES string of the molecule is COc1ccc(C(C)(C)C)cc1C(O)C(c1cnc2ccccc2n1)N(C)C. The number of para-hydroxylation sites is 2. The van der Waals surface area contributed by atoms with E-state index in [0.29, 0.717) is 5.75 Å². The van der Waals surface area contributed by atoms with Crippen molar-refractivity contribution in [1.82, 2.24) is 14.9 Å². The van der Waals surface area contributed by atoms with E-state index in [1.54, 1.807) is 13.3 Å². The van der Waals surface area contributed by atoms with Crippen molar-refractivity contribution in [1.29, 1.82) is 0 Å². The molecule has 0 spiro atoms. The molecule has 148 valence electrons. The molecule has 3 rings (SSSR count). The minimum Gasteiger partial charge on any atom is -0.496 e. The van der Waals surface area contributed by atoms with E-state index in [1.165, 1.54) is 0 Å². The van der Waals surface area contributed by atoms with Crippen LogP contribution in [-0.2, 0) is 5.41 Å². The quantitative estimate of drug-likeness (QED) is 0.717. The van der Waals surface area contributed by atoms with E-state index in [0.717, 1.165) is 27.9 Å². The average molecular weight is 380 g/mol. The van der Waals surface area contributed by atoms with Crippen LogP contribution in [0.4, 0.5) is 0 Å². The zero-order chi connectivity index (χ0) is 20.5. The van der Waals surface area contributed by atoms with Crippen LogP contribution in [0, 0.1) is 0 Å². The zero-order valence-corrected chi connectivity index (χ0v) is 17.5. The smallest absolute Gasteiger partial charge is 0.124 e. The third-order valence-electron chi connectivity index (χ3n) is 5.04. The summed E-state index contributed by atoms with van der Waals surface area (Å²) in [7, 11) is 5.50. The molecule has 2 atom stereocenters. The fraction of sp³-hybridized carbons (Fsp3) is 0.391. The summed E-state index contributed by atoms with van der Waals surface area (Å²) >= 11 is 0. The molecule has 1 aromatic heterocycles. The van der Waals surface area contributed by atoms with Crippen LogP contribution in [-0.4, -0.2) is 41.2 Å². The summed E-state index contributed by atoms with van der Waals surface area (Å²) in [6.07, 6.45) is 0.929. The number of fused-ring (bicyclic) bond motifs is 1. The van der Waals surface area contributed by atoms with Crippen molar-refractivity contribution in [2.75, 3.05) is 21.2 Å². The van der Waals surface area contributed by atoms with Gasteiger partial charge in [0.1, 0.15) is 11.9 Å². The molecule has 1 N–H and O–H groups in total. The monoisotopic (exact) mass is 379 g/mol. The van der Waals surface area contributed by atoms with Gasteiger partial charge in [0.25, 0.3) is 0 Å². The molecular weight excluding hydrogens is 350 g/mol. The Morgan fingerprint density at radius 3 is 2.32 bits per heavy atom. The molecular formula is C23H29N3O2. The molecule has 28 heavy (non-hydrogen) atoms. The maximum Gasteiger partial charge on any atom is 0.124 e. The largest absolute Gasteiger partial charge is 0.496 e. The Kier molecular flexibility index (Phi) is 5.68. The van der Waals surface area contributed by atoms with Crippen LogP contribution in [0.15, 0.2) is 48.7 Å². The van der Waals surface area contributed by atoms with Crippen molar-refractivity contribution in [2.24, 2.45) is 0 Å². The molecule has 0 aliphatic heterocycles. The molecule has 3 aromatic rings. The van der Waals surface area contributed by atoms with Crippen LogP contribution >= 0.6 is 0 Å². The van der Waals surface area contributed by atoms with Crippen LogP contribution < -0.4 is 4.74 Å². The highest BCUT2D eigenvalue weighted by Crippen LogP contribution is 2.38. The van der Waals surface area contributed by atoms with Crippen molar-refractivity contribution < 1.29 is 9.84 Å². The number of methoxy groups -OCH3 is 1. The van der Waals surface area contributed by atoms with Gasteiger partial charge in [0.05, 0.1) is 36.1 Å². The second kappa shape index (κ2) is 7.86. The molecule has 0 fully saturated rings. The summed E-state index contributed by atoms with van der Waals surface area (Å²) in [6.45, 7) is 6.47. The number of nitrogens with zero attached hydrogens (tertiary/aromatic N) is 3. The number of aliphatic hydroxyl groups is 1. The van der Waals surface area contributed by atoms with E-state index in [-0.39, 0.29) is 11.5 Å². The molecule has 0 radical (unpaired) electrons. The number of likely N-dealkylation sites (N-methyl/N-ethyl adjacent to an activating group) is 1. The predicted molar refractivity (Wildman–Crippen MR) is 113 cm³/mol. The number of rotatable bonds is 5. The number of ether oxygens (including phenoxy) is 1. The van der Waals surface area contributed by atoms with Gasteiger partial charge in [0.15, 0.2) is 0 Å². The van der Waals surface area contributed by atoms with Crippen molar-refractivity contribution in [3.05, 3.63) is 65.5 Å². The van der Waals surface area contributed by atoms with Crippen molar-refractivity contribution in [3.63, 3.8) is 0 Å². The Bertz CT molecular complexity index is 963. The number of benzene rings is 2. The van der Waals surface area contributed by atoms with E-state index < -0.39 is 6.10 Å². The second-order valence-corrected chi connectivity index (χ2v) is 8.34. The van der Waals surface area contributed by atoms with Crippen LogP contribution in [0.1, 0.15) is 49.7 Å². The number of aliphatic hydroxyl groups excluding tert-OH is 1. The van der Waals surface area contributed by atoms with Crippen LogP contribution in [0.5, 0.6) is 5.75 Å². The Morgan fingerprint density at radius 2 is 1.71 bits per heavy atom. The normalized spacial score (nSPS) is 14.3. The highest BCUT2D eigenvalue weighted by molar-refractivity contribution is 5.73. The summed E-state index contributed by atoms with van der Waals surface area (Å²) in [6, 6.07) is 13.4. The van der Waals surface area contributed by atoms with Gasteiger partial charge in [-0.25, -0.2) is 4.98 Å². The van der Waals surface area contributed by atoms with Crippen molar-refractivity contribution in [2.45, 2.75) is 38.3 Å². The van der Waals surface area contributed by atoms with Gasteiger partial charge < -0.3 is 9.84 Å². The first-order valence-electron chi connectivity index (χ1n) is 9.47. The molecule has 0 amide bonds. The molecule has 5 heteroatoms. The van der Waals surface area contributed by atoms with Gasteiger partial charge in [-0.3, -0.25) is 9.88 Å². The van der Waals surface area contributed by atoms with E-state index in [2.05, 4.69) is 31.8 Å². The standard InChI is InChI=1S/C23H29N3O2/c1-23(2,3)15-11-12-20(28-6)16(13-15)22(27)21(26(4)5)19-14-24-17-9-7-8-10-18(17)25-19/h7-14,21-22,27H,1-6H3. The predicted octanol–water partition coefficient (Wildman–Crippen LogP) is 4.27. The van der Waals surface area contributed by atoms with E-state index in [4.69, 9.17) is 9.72 Å². The molecule has 0 saturated heterocycles. The van der Waals surface area contributed by atoms with Crippen LogP contribution in [0.25, 0.3) is 11.0 Å². The zero-order valence-electron chi connectivity index (χ0n) is 17.5. The minimum atomic E-state index is -0.817. The van der Waals surface area contributed by atoms with Gasteiger partial charge in [-0.2, -0.15) is 0 Å². The summed E-state index contributed by atoms with van der Waals surface area (Å²) in [5.41, 5.74) is 4.24. The Morgan fingerprint density at radius 1 is 1.04 bits per heavy atom. The topological polar surface area (TPSA) is 58.5 Å². The summed E-state index contributed by atoms with van der Waals surface area (Å²) in [5.74, 6) is 0.668. The lowest BCUT2D eigenvalue weighted by molar-refractivity contribution is 0.0709. The van der Waals surface area contributed by atoms with Crippen LogP contribution in [0.3, 0.4) is 0 Å². The Labute approximate surface area is 167 Å². The third-order valence-corrected chi connectivity index (χ3v) is 5.04. The highest BCUT2D eigenvalue weighted by Gasteiger charge is 2.30. The molecule has 0 bridgehead atoms. The van der Waals surface area contributed by atoms with Gasteiger partial charge in [0.2, 0.25) is 0 Å². The first-order valence-corrected chi connectivity index (χ1v) is 9.47. The molecule has 1 heterocycles. The van der Waals surface area contributed by atoms with Gasteiger partial charge in [-0.05, 0) is 49.3 Å². The molecule has 0 aliphatic rings. The van der Waals surface area contributed by atoms with Gasteiger partial charge in [-0.15, -0.1) is 0 Å². The van der Waals surface area contributed by atoms with Crippen LogP contribution in [0.2, 0.25) is 0 Å². The molecule has 2 aromatic carbocycles. The molecule has 5 nitrogen and oxygen atoms in total. The summed E-state index contributed by atoms with van der Waals surface area (Å²) < 4.78 is 5.56. The van der Waals surface area contributed by atoms with Crippen molar-refractivity contribution in [3.8, 4) is 5.75 Å². The lowest BCUT2D eigenvalue weighted by Crippen LogP contribution is -2.28. The maximum absolute atomic E-state index is 11.4. The third kappa shape index (κ3) is 4.01. The second-order valence-electron chi connectivity index (χ2n) is 8.34. The molecule has 0 saturated carbocycles. The van der Waals surface area contributed by atoms with Gasteiger partial charge in [-0.1, -0.05) is 39.0 Å². The van der Waals surface area contributed by atoms with E-state index in [1.807, 2.05) is 55.4 Å². The number of hydrogen-bond donors (Lipinski definition) is 1. The lowest BCUT2D eigenvalue weighted by Gasteiger charge is -2.30. The first-order chi connectivity index (χ1) is 13.2. The average Bonchev–Trinajstić information content (AvgIpc) is 2.66.